The van der Waals surface area contributed by atoms with E-state index in [-0.39, 0.29) is 5.88 Å². The zero-order valence-corrected chi connectivity index (χ0v) is 9.71. The highest BCUT2D eigenvalue weighted by Crippen LogP contribution is 2.16. The fourth-order valence-electron chi connectivity index (χ4n) is 1.26. The minimum absolute atomic E-state index is 0.120. The van der Waals surface area contributed by atoms with Crippen molar-refractivity contribution in [3.05, 3.63) is 34.9 Å². The summed E-state index contributed by atoms with van der Waals surface area (Å²) >= 11 is 5.69. The van der Waals surface area contributed by atoms with Crippen LogP contribution in [0.5, 0.6) is 0 Å². The average Bonchev–Trinajstić information content (AvgIpc) is 2.35. The molecule has 0 atom stereocenters. The SMILES string of the molecule is COC(=O)c1ccc(C(=O)OC)c(CCl)c1. The molecule has 1 rings (SSSR count). The minimum Gasteiger partial charge on any atom is -0.465 e. The molecule has 0 heterocycles. The van der Waals surface area contributed by atoms with Crippen LogP contribution in [0, 0.1) is 0 Å². The van der Waals surface area contributed by atoms with Crippen LogP contribution in [0.1, 0.15) is 26.3 Å². The number of alkyl halides is 1. The summed E-state index contributed by atoms with van der Waals surface area (Å²) in [6.07, 6.45) is 0. The lowest BCUT2D eigenvalue weighted by Gasteiger charge is -2.07. The van der Waals surface area contributed by atoms with Gasteiger partial charge >= 0.3 is 11.9 Å². The van der Waals surface area contributed by atoms with E-state index >= 15 is 0 Å². The summed E-state index contributed by atoms with van der Waals surface area (Å²) in [5, 5.41) is 0. The standard InChI is InChI=1S/C11H11ClO4/c1-15-10(13)7-3-4-9(11(14)16-2)8(5-7)6-12/h3-5H,6H2,1-2H3. The summed E-state index contributed by atoms with van der Waals surface area (Å²) in [7, 11) is 2.57. The molecule has 0 saturated carbocycles. The number of ether oxygens (including phenoxy) is 2. The van der Waals surface area contributed by atoms with Crippen molar-refractivity contribution in [3.8, 4) is 0 Å². The van der Waals surface area contributed by atoms with E-state index < -0.39 is 11.9 Å². The van der Waals surface area contributed by atoms with E-state index in [0.29, 0.717) is 16.7 Å². The van der Waals surface area contributed by atoms with Crippen LogP contribution in [0.25, 0.3) is 0 Å². The molecule has 0 saturated heterocycles. The number of halogens is 1. The molecule has 5 heteroatoms. The molecule has 0 aliphatic heterocycles. The number of benzene rings is 1. The number of hydrogen-bond acceptors (Lipinski definition) is 4. The number of methoxy groups -OCH3 is 2. The molecule has 0 unspecified atom stereocenters. The van der Waals surface area contributed by atoms with E-state index in [9.17, 15) is 9.59 Å². The van der Waals surface area contributed by atoms with Crippen molar-refractivity contribution >= 4 is 23.5 Å². The van der Waals surface area contributed by atoms with Gasteiger partial charge in [0.2, 0.25) is 0 Å². The second-order valence-electron chi connectivity index (χ2n) is 2.99. The fraction of sp³-hybridized carbons (Fsp3) is 0.273. The van der Waals surface area contributed by atoms with Crippen LogP contribution < -0.4 is 0 Å². The van der Waals surface area contributed by atoms with E-state index in [1.807, 2.05) is 0 Å². The summed E-state index contributed by atoms with van der Waals surface area (Å²) in [6, 6.07) is 4.51. The second-order valence-corrected chi connectivity index (χ2v) is 3.26. The first-order valence-corrected chi connectivity index (χ1v) is 5.03. The smallest absolute Gasteiger partial charge is 0.338 e. The molecule has 0 fully saturated rings. The maximum atomic E-state index is 11.3. The third-order valence-corrected chi connectivity index (χ3v) is 2.36. The molecule has 0 amide bonds. The van der Waals surface area contributed by atoms with Crippen molar-refractivity contribution in [3.63, 3.8) is 0 Å². The highest BCUT2D eigenvalue weighted by molar-refractivity contribution is 6.17. The summed E-state index contributed by atoms with van der Waals surface area (Å²) in [6.45, 7) is 0. The normalized spacial score (nSPS) is 9.69. The van der Waals surface area contributed by atoms with Gasteiger partial charge in [0.1, 0.15) is 0 Å². The lowest BCUT2D eigenvalue weighted by molar-refractivity contribution is 0.0586. The van der Waals surface area contributed by atoms with Gasteiger partial charge in [-0.15, -0.1) is 11.6 Å². The molecule has 86 valence electrons. The lowest BCUT2D eigenvalue weighted by Crippen LogP contribution is -2.08. The molecule has 0 N–H and O–H groups in total. The molecular formula is C11H11ClO4. The van der Waals surface area contributed by atoms with E-state index in [1.54, 1.807) is 0 Å². The van der Waals surface area contributed by atoms with Crippen LogP contribution >= 0.6 is 11.6 Å². The van der Waals surface area contributed by atoms with Gasteiger partial charge in [0.25, 0.3) is 0 Å². The molecule has 0 aromatic heterocycles. The predicted molar refractivity (Wildman–Crippen MR) is 58.7 cm³/mol. The Morgan fingerprint density at radius 1 is 1.19 bits per heavy atom. The quantitative estimate of drug-likeness (QED) is 0.601. The number of carbonyl (C=O) groups is 2. The highest BCUT2D eigenvalue weighted by atomic mass is 35.5. The number of hydrogen-bond donors (Lipinski definition) is 0. The van der Waals surface area contributed by atoms with Gasteiger partial charge in [-0.3, -0.25) is 0 Å². The number of carbonyl (C=O) groups excluding carboxylic acids is 2. The Labute approximate surface area is 98.1 Å². The molecule has 0 bridgehead atoms. The molecule has 1 aromatic carbocycles. The maximum Gasteiger partial charge on any atom is 0.338 e. The third-order valence-electron chi connectivity index (χ3n) is 2.08. The fourth-order valence-corrected chi connectivity index (χ4v) is 1.48. The van der Waals surface area contributed by atoms with Crippen molar-refractivity contribution < 1.29 is 19.1 Å². The summed E-state index contributed by atoms with van der Waals surface area (Å²) < 4.78 is 9.16. The van der Waals surface area contributed by atoms with Gasteiger partial charge in [0, 0.05) is 5.88 Å². The van der Waals surface area contributed by atoms with Gasteiger partial charge in [-0.25, -0.2) is 9.59 Å². The molecule has 0 radical (unpaired) electrons. The first-order chi connectivity index (χ1) is 7.63. The van der Waals surface area contributed by atoms with Crippen molar-refractivity contribution in [2.45, 2.75) is 5.88 Å². The van der Waals surface area contributed by atoms with Crippen molar-refractivity contribution in [2.24, 2.45) is 0 Å². The number of esters is 2. The monoisotopic (exact) mass is 242 g/mol. The Morgan fingerprint density at radius 2 is 1.81 bits per heavy atom. The van der Waals surface area contributed by atoms with Gasteiger partial charge in [0.05, 0.1) is 25.3 Å². The van der Waals surface area contributed by atoms with Gasteiger partial charge in [-0.2, -0.15) is 0 Å². The third kappa shape index (κ3) is 2.52. The first-order valence-electron chi connectivity index (χ1n) is 4.49. The zero-order chi connectivity index (χ0) is 12.1. The molecule has 0 aliphatic carbocycles. The van der Waals surface area contributed by atoms with E-state index in [2.05, 4.69) is 9.47 Å². The topological polar surface area (TPSA) is 52.6 Å². The Morgan fingerprint density at radius 3 is 2.31 bits per heavy atom. The van der Waals surface area contributed by atoms with E-state index in [4.69, 9.17) is 11.6 Å². The first kappa shape index (κ1) is 12.5. The van der Waals surface area contributed by atoms with Crippen molar-refractivity contribution in [1.29, 1.82) is 0 Å². The van der Waals surface area contributed by atoms with Gasteiger partial charge in [-0.05, 0) is 23.8 Å². The molecule has 16 heavy (non-hydrogen) atoms. The Balaban J connectivity index is 3.16. The van der Waals surface area contributed by atoms with Crippen molar-refractivity contribution in [1.82, 2.24) is 0 Å². The van der Waals surface area contributed by atoms with Crippen LogP contribution in [0.4, 0.5) is 0 Å². The van der Waals surface area contributed by atoms with Crippen molar-refractivity contribution in [2.75, 3.05) is 14.2 Å². The van der Waals surface area contributed by atoms with Crippen LogP contribution in [-0.2, 0) is 15.4 Å². The zero-order valence-electron chi connectivity index (χ0n) is 8.95. The van der Waals surface area contributed by atoms with Crippen LogP contribution in [0.2, 0.25) is 0 Å². The largest absolute Gasteiger partial charge is 0.465 e. The van der Waals surface area contributed by atoms with Crippen LogP contribution in [0.3, 0.4) is 0 Å². The predicted octanol–water partition coefficient (Wildman–Crippen LogP) is 2.00. The van der Waals surface area contributed by atoms with E-state index in [0.717, 1.165) is 0 Å². The Kier molecular flexibility index (Phi) is 4.31. The minimum atomic E-state index is -0.480. The number of rotatable bonds is 3. The van der Waals surface area contributed by atoms with Gasteiger partial charge < -0.3 is 9.47 Å². The maximum absolute atomic E-state index is 11.3. The Bertz CT molecular complexity index is 414. The van der Waals surface area contributed by atoms with Crippen LogP contribution in [-0.4, -0.2) is 26.2 Å². The molecule has 0 spiro atoms. The molecule has 4 nitrogen and oxygen atoms in total. The molecular weight excluding hydrogens is 232 g/mol. The summed E-state index contributed by atoms with van der Waals surface area (Å²) in [5.41, 5.74) is 1.24. The second kappa shape index (κ2) is 5.51. The molecule has 1 aromatic rings. The summed E-state index contributed by atoms with van der Waals surface area (Å²) in [5.74, 6) is -0.829. The average molecular weight is 243 g/mol. The van der Waals surface area contributed by atoms with Gasteiger partial charge in [-0.1, -0.05) is 0 Å². The van der Waals surface area contributed by atoms with E-state index in [1.165, 1.54) is 32.4 Å². The van der Waals surface area contributed by atoms with Gasteiger partial charge in [0.15, 0.2) is 0 Å². The highest BCUT2D eigenvalue weighted by Gasteiger charge is 2.14. The molecule has 0 aliphatic rings. The lowest BCUT2D eigenvalue weighted by atomic mass is 10.1. The van der Waals surface area contributed by atoms with Crippen LogP contribution in [0.15, 0.2) is 18.2 Å². The summed E-state index contributed by atoms with van der Waals surface area (Å²) in [4.78, 5) is 22.6. The Hall–Kier alpha value is -1.55.